The number of carbonyl (C=O) groups excluding carboxylic acids is 1. The fraction of sp³-hybridized carbons (Fsp3) is 0. The zero-order chi connectivity index (χ0) is 18.5. The number of nitrogens with zero attached hydrogens (tertiary/aromatic N) is 2. The van der Waals surface area contributed by atoms with Crippen molar-refractivity contribution in [3.05, 3.63) is 84.6 Å². The van der Waals surface area contributed by atoms with Gasteiger partial charge in [-0.25, -0.2) is 0 Å². The third kappa shape index (κ3) is 3.85. The van der Waals surface area contributed by atoms with Crippen LogP contribution in [0.3, 0.4) is 0 Å². The molecule has 0 unspecified atom stereocenters. The van der Waals surface area contributed by atoms with Crippen LogP contribution in [0.25, 0.3) is 29.1 Å². The second kappa shape index (κ2) is 7.53. The molecule has 0 saturated heterocycles. The molecule has 0 aliphatic heterocycles. The van der Waals surface area contributed by atoms with E-state index in [9.17, 15) is 4.79 Å². The summed E-state index contributed by atoms with van der Waals surface area (Å²) in [4.78, 5) is 16.6. The molecule has 0 aliphatic rings. The van der Waals surface area contributed by atoms with Crippen molar-refractivity contribution in [2.24, 2.45) is 0 Å². The molecule has 4 aromatic rings. The van der Waals surface area contributed by atoms with Gasteiger partial charge in [0.1, 0.15) is 0 Å². The lowest BCUT2D eigenvalue weighted by Gasteiger charge is -2.06. The molecule has 27 heavy (non-hydrogen) atoms. The van der Waals surface area contributed by atoms with Gasteiger partial charge in [0.2, 0.25) is 11.7 Å². The summed E-state index contributed by atoms with van der Waals surface area (Å²) in [5.74, 6) is 0.902. The van der Waals surface area contributed by atoms with Gasteiger partial charge in [0.15, 0.2) is 5.76 Å². The summed E-state index contributed by atoms with van der Waals surface area (Å²) in [6.45, 7) is 0. The molecule has 0 radical (unpaired) electrons. The summed E-state index contributed by atoms with van der Waals surface area (Å²) >= 11 is 0. The van der Waals surface area contributed by atoms with Crippen LogP contribution >= 0.6 is 0 Å². The number of amides is 1. The zero-order valence-electron chi connectivity index (χ0n) is 14.2. The second-order valence-electron chi connectivity index (χ2n) is 5.68. The summed E-state index contributed by atoms with van der Waals surface area (Å²) in [6, 6.07) is 20.3. The maximum absolute atomic E-state index is 12.3. The summed E-state index contributed by atoms with van der Waals surface area (Å²) in [7, 11) is 0. The normalized spacial score (nSPS) is 11.0. The zero-order valence-corrected chi connectivity index (χ0v) is 14.2. The van der Waals surface area contributed by atoms with Gasteiger partial charge in [0.25, 0.3) is 5.89 Å². The first kappa shape index (κ1) is 16.5. The Balaban J connectivity index is 1.55. The van der Waals surface area contributed by atoms with Crippen molar-refractivity contribution in [1.82, 2.24) is 10.1 Å². The van der Waals surface area contributed by atoms with Crippen molar-refractivity contribution >= 4 is 17.7 Å². The average Bonchev–Trinajstić information content (AvgIpc) is 3.39. The predicted octanol–water partition coefficient (Wildman–Crippen LogP) is 4.65. The number of hydrogen-bond donors (Lipinski definition) is 1. The molecule has 0 bridgehead atoms. The maximum atomic E-state index is 12.3. The summed E-state index contributed by atoms with van der Waals surface area (Å²) < 4.78 is 10.6. The van der Waals surface area contributed by atoms with Crippen molar-refractivity contribution in [2.75, 3.05) is 5.32 Å². The van der Waals surface area contributed by atoms with Crippen LogP contribution in [0.2, 0.25) is 0 Å². The van der Waals surface area contributed by atoms with Gasteiger partial charge in [0, 0.05) is 6.08 Å². The molecule has 6 heteroatoms. The van der Waals surface area contributed by atoms with Crippen LogP contribution in [-0.2, 0) is 4.79 Å². The number of furan rings is 1. The fourth-order valence-electron chi connectivity index (χ4n) is 2.53. The molecule has 0 spiro atoms. The van der Waals surface area contributed by atoms with Crippen molar-refractivity contribution < 1.29 is 13.7 Å². The summed E-state index contributed by atoms with van der Waals surface area (Å²) in [5, 5.41) is 6.77. The lowest BCUT2D eigenvalue weighted by atomic mass is 10.1. The summed E-state index contributed by atoms with van der Waals surface area (Å²) in [5.41, 5.74) is 2.15. The Bertz CT molecular complexity index is 1070. The average molecular weight is 357 g/mol. The van der Waals surface area contributed by atoms with E-state index < -0.39 is 0 Å². The highest BCUT2D eigenvalue weighted by atomic mass is 16.5. The van der Waals surface area contributed by atoms with Gasteiger partial charge in [-0.3, -0.25) is 4.79 Å². The fourth-order valence-corrected chi connectivity index (χ4v) is 2.53. The maximum Gasteiger partial charge on any atom is 0.260 e. The van der Waals surface area contributed by atoms with Crippen molar-refractivity contribution in [1.29, 1.82) is 0 Å². The monoisotopic (exact) mass is 357 g/mol. The van der Waals surface area contributed by atoms with E-state index in [0.29, 0.717) is 28.7 Å². The Morgan fingerprint density at radius 1 is 0.963 bits per heavy atom. The first-order valence-electron chi connectivity index (χ1n) is 8.31. The molecule has 0 atom stereocenters. The molecule has 1 N–H and O–H groups in total. The molecule has 2 heterocycles. The molecule has 1 amide bonds. The minimum Gasteiger partial charge on any atom is -0.461 e. The SMILES string of the molecule is O=C(/C=C/c1ccccc1)Nc1ccccc1-c1nc(-c2ccco2)no1. The van der Waals surface area contributed by atoms with Gasteiger partial charge in [-0.2, -0.15) is 4.98 Å². The van der Waals surface area contributed by atoms with Crippen LogP contribution < -0.4 is 5.32 Å². The summed E-state index contributed by atoms with van der Waals surface area (Å²) in [6.07, 6.45) is 4.77. The largest absolute Gasteiger partial charge is 0.461 e. The third-order valence-electron chi connectivity index (χ3n) is 3.81. The van der Waals surface area contributed by atoms with Crippen molar-refractivity contribution in [3.8, 4) is 23.0 Å². The minimum absolute atomic E-state index is 0.253. The number of para-hydroxylation sites is 1. The van der Waals surface area contributed by atoms with Gasteiger partial charge in [0.05, 0.1) is 17.5 Å². The van der Waals surface area contributed by atoms with Crippen LogP contribution in [-0.4, -0.2) is 16.0 Å². The number of carbonyl (C=O) groups is 1. The second-order valence-corrected chi connectivity index (χ2v) is 5.68. The quantitative estimate of drug-likeness (QED) is 0.526. The van der Waals surface area contributed by atoms with Crippen molar-refractivity contribution in [3.63, 3.8) is 0 Å². The Morgan fingerprint density at radius 3 is 2.59 bits per heavy atom. The van der Waals surface area contributed by atoms with Gasteiger partial charge in [-0.1, -0.05) is 47.6 Å². The third-order valence-corrected chi connectivity index (χ3v) is 3.81. The van der Waals surface area contributed by atoms with E-state index in [0.717, 1.165) is 5.56 Å². The van der Waals surface area contributed by atoms with E-state index in [4.69, 9.17) is 8.94 Å². The highest BCUT2D eigenvalue weighted by Gasteiger charge is 2.15. The van der Waals surface area contributed by atoms with Crippen LogP contribution in [0.1, 0.15) is 5.56 Å². The van der Waals surface area contributed by atoms with Gasteiger partial charge in [-0.15, -0.1) is 0 Å². The molecular formula is C21H15N3O3. The molecular weight excluding hydrogens is 342 g/mol. The van der Waals surface area contributed by atoms with Crippen LogP contribution in [0.5, 0.6) is 0 Å². The van der Waals surface area contributed by atoms with Crippen LogP contribution in [0, 0.1) is 0 Å². The smallest absolute Gasteiger partial charge is 0.260 e. The Morgan fingerprint density at radius 2 is 1.78 bits per heavy atom. The Kier molecular flexibility index (Phi) is 4.61. The minimum atomic E-state index is -0.253. The predicted molar refractivity (Wildman–Crippen MR) is 102 cm³/mol. The van der Waals surface area contributed by atoms with Crippen molar-refractivity contribution in [2.45, 2.75) is 0 Å². The molecule has 2 aromatic heterocycles. The molecule has 6 nitrogen and oxygen atoms in total. The molecule has 132 valence electrons. The lowest BCUT2D eigenvalue weighted by molar-refractivity contribution is -0.111. The van der Waals surface area contributed by atoms with E-state index in [2.05, 4.69) is 15.5 Å². The number of anilines is 1. The van der Waals surface area contributed by atoms with Gasteiger partial charge >= 0.3 is 0 Å². The van der Waals surface area contributed by atoms with E-state index in [-0.39, 0.29) is 5.91 Å². The van der Waals surface area contributed by atoms with Gasteiger partial charge < -0.3 is 14.3 Å². The topological polar surface area (TPSA) is 81.2 Å². The van der Waals surface area contributed by atoms with Crippen LogP contribution in [0.15, 0.2) is 88.0 Å². The molecule has 2 aromatic carbocycles. The number of aromatic nitrogens is 2. The van der Waals surface area contributed by atoms with Crippen LogP contribution in [0.4, 0.5) is 5.69 Å². The lowest BCUT2D eigenvalue weighted by Crippen LogP contribution is -2.08. The van der Waals surface area contributed by atoms with E-state index in [1.165, 1.54) is 6.08 Å². The number of hydrogen-bond acceptors (Lipinski definition) is 5. The first-order chi connectivity index (χ1) is 13.3. The molecule has 4 rings (SSSR count). The number of nitrogens with one attached hydrogen (secondary N) is 1. The molecule has 0 saturated carbocycles. The standard InChI is InChI=1S/C21H15N3O3/c25-19(13-12-15-7-2-1-3-8-15)22-17-10-5-4-9-16(17)21-23-20(24-27-21)18-11-6-14-26-18/h1-14H,(H,22,25)/b13-12+. The number of rotatable bonds is 5. The molecule has 0 aliphatic carbocycles. The highest BCUT2D eigenvalue weighted by molar-refractivity contribution is 6.03. The first-order valence-corrected chi connectivity index (χ1v) is 8.31. The molecule has 0 fully saturated rings. The van der Waals surface area contributed by atoms with E-state index in [1.54, 1.807) is 36.6 Å². The highest BCUT2D eigenvalue weighted by Crippen LogP contribution is 2.28. The number of benzene rings is 2. The van der Waals surface area contributed by atoms with Gasteiger partial charge in [-0.05, 0) is 35.9 Å². The Hall–Kier alpha value is -3.93. The van der Waals surface area contributed by atoms with E-state index in [1.807, 2.05) is 42.5 Å². The van der Waals surface area contributed by atoms with E-state index >= 15 is 0 Å². The Labute approximate surface area is 155 Å².